The summed E-state index contributed by atoms with van der Waals surface area (Å²) in [6, 6.07) is 7.98. The zero-order valence-corrected chi connectivity index (χ0v) is 17.7. The number of pyridine rings is 1. The number of hydrogen-bond donors (Lipinski definition) is 3. The third-order valence-corrected chi connectivity index (χ3v) is 6.38. The fourth-order valence-electron chi connectivity index (χ4n) is 4.63. The van der Waals surface area contributed by atoms with Gasteiger partial charge >= 0.3 is 0 Å². The van der Waals surface area contributed by atoms with E-state index in [1.54, 1.807) is 12.3 Å². The monoisotopic (exact) mass is 419 g/mol. The Balaban J connectivity index is 1.30. The summed E-state index contributed by atoms with van der Waals surface area (Å²) in [7, 11) is 0. The van der Waals surface area contributed by atoms with Crippen LogP contribution >= 0.6 is 0 Å². The van der Waals surface area contributed by atoms with Crippen molar-refractivity contribution in [3.8, 4) is 5.75 Å². The van der Waals surface area contributed by atoms with Crippen molar-refractivity contribution in [1.82, 2.24) is 25.6 Å². The molecule has 31 heavy (non-hydrogen) atoms. The van der Waals surface area contributed by atoms with Crippen LogP contribution in [0.5, 0.6) is 5.75 Å². The average molecular weight is 420 g/mol. The number of aromatic amines is 1. The van der Waals surface area contributed by atoms with Crippen LogP contribution < -0.4 is 20.9 Å². The molecule has 3 N–H and O–H groups in total. The maximum absolute atomic E-state index is 12.6. The number of piperidine rings is 1. The highest BCUT2D eigenvalue weighted by Gasteiger charge is 2.15. The van der Waals surface area contributed by atoms with Crippen LogP contribution in [-0.2, 0) is 26.0 Å². The van der Waals surface area contributed by atoms with E-state index in [4.69, 9.17) is 9.72 Å². The molecular formula is C24H29N5O2. The van der Waals surface area contributed by atoms with E-state index in [0.29, 0.717) is 29.2 Å². The summed E-state index contributed by atoms with van der Waals surface area (Å²) in [6.45, 7) is 3.95. The maximum Gasteiger partial charge on any atom is 0.258 e. The minimum absolute atomic E-state index is 0.153. The molecule has 0 spiro atoms. The maximum atomic E-state index is 12.6. The van der Waals surface area contributed by atoms with Crippen molar-refractivity contribution in [2.75, 3.05) is 19.6 Å². The van der Waals surface area contributed by atoms with Crippen molar-refractivity contribution in [3.63, 3.8) is 0 Å². The van der Waals surface area contributed by atoms with Gasteiger partial charge in [0.1, 0.15) is 23.7 Å². The second-order valence-electron chi connectivity index (χ2n) is 8.56. The van der Waals surface area contributed by atoms with Crippen molar-refractivity contribution in [2.24, 2.45) is 5.92 Å². The van der Waals surface area contributed by atoms with E-state index in [9.17, 15) is 4.79 Å². The van der Waals surface area contributed by atoms with Crippen molar-refractivity contribution in [2.45, 2.75) is 45.3 Å². The van der Waals surface area contributed by atoms with Crippen molar-refractivity contribution >= 4 is 10.9 Å². The average Bonchev–Trinajstić information content (AvgIpc) is 3.27. The summed E-state index contributed by atoms with van der Waals surface area (Å²) in [4.78, 5) is 24.7. The molecule has 0 unspecified atom stereocenters. The summed E-state index contributed by atoms with van der Waals surface area (Å²) in [5.41, 5.74) is 4.08. The van der Waals surface area contributed by atoms with Gasteiger partial charge in [-0.1, -0.05) is 6.07 Å². The molecule has 1 fully saturated rings. The molecule has 162 valence electrons. The number of rotatable bonds is 7. The summed E-state index contributed by atoms with van der Waals surface area (Å²) in [5, 5.41) is 7.47. The number of aryl methyl sites for hydroxylation is 2. The third kappa shape index (κ3) is 4.62. The molecule has 1 aliphatic carbocycles. The highest BCUT2D eigenvalue weighted by molar-refractivity contribution is 5.79. The molecule has 0 bridgehead atoms. The Labute approximate surface area is 181 Å². The van der Waals surface area contributed by atoms with Gasteiger partial charge in [0.2, 0.25) is 0 Å². The predicted molar refractivity (Wildman–Crippen MR) is 120 cm³/mol. The van der Waals surface area contributed by atoms with Crippen LogP contribution in [-0.4, -0.2) is 34.6 Å². The number of ether oxygens (including phenoxy) is 1. The number of fused-ring (bicyclic) bond motifs is 2. The molecule has 1 aromatic carbocycles. The van der Waals surface area contributed by atoms with Crippen LogP contribution in [0, 0.1) is 5.92 Å². The molecule has 2 aliphatic rings. The first-order chi connectivity index (χ1) is 15.3. The van der Waals surface area contributed by atoms with E-state index in [0.717, 1.165) is 43.9 Å². The molecule has 3 heterocycles. The molecular weight excluding hydrogens is 390 g/mol. The molecule has 0 amide bonds. The van der Waals surface area contributed by atoms with E-state index in [-0.39, 0.29) is 12.2 Å². The van der Waals surface area contributed by atoms with Gasteiger partial charge in [-0.05, 0) is 87.0 Å². The van der Waals surface area contributed by atoms with Gasteiger partial charge in [-0.25, -0.2) is 4.98 Å². The first-order valence-electron chi connectivity index (χ1n) is 11.3. The molecule has 0 saturated carbocycles. The summed E-state index contributed by atoms with van der Waals surface area (Å²) >= 11 is 0. The third-order valence-electron chi connectivity index (χ3n) is 6.38. The minimum atomic E-state index is -0.153. The van der Waals surface area contributed by atoms with Crippen LogP contribution in [0.3, 0.4) is 0 Å². The lowest BCUT2D eigenvalue weighted by atomic mass is 9.98. The van der Waals surface area contributed by atoms with Gasteiger partial charge in [0.15, 0.2) is 0 Å². The number of benzene rings is 1. The topological polar surface area (TPSA) is 91.9 Å². The second-order valence-corrected chi connectivity index (χ2v) is 8.56. The van der Waals surface area contributed by atoms with E-state index in [1.807, 2.05) is 6.07 Å². The fraction of sp³-hybridized carbons (Fsp3) is 0.458. The van der Waals surface area contributed by atoms with Gasteiger partial charge < -0.3 is 20.4 Å². The quantitative estimate of drug-likeness (QED) is 0.545. The summed E-state index contributed by atoms with van der Waals surface area (Å²) < 4.78 is 5.95. The number of H-pyrrole nitrogens is 1. The molecule has 0 atom stereocenters. The van der Waals surface area contributed by atoms with Gasteiger partial charge in [0.25, 0.3) is 5.56 Å². The highest BCUT2D eigenvalue weighted by atomic mass is 16.5. The van der Waals surface area contributed by atoms with Crippen LogP contribution in [0.1, 0.15) is 41.9 Å². The van der Waals surface area contributed by atoms with Gasteiger partial charge in [-0.2, -0.15) is 0 Å². The largest absolute Gasteiger partial charge is 0.486 e. The Bertz CT molecular complexity index is 1120. The first-order valence-corrected chi connectivity index (χ1v) is 11.3. The summed E-state index contributed by atoms with van der Waals surface area (Å²) in [5.74, 6) is 2.02. The molecule has 2 aromatic heterocycles. The number of aromatic nitrogens is 3. The molecule has 1 saturated heterocycles. The first kappa shape index (κ1) is 20.2. The Morgan fingerprint density at radius 1 is 1.13 bits per heavy atom. The van der Waals surface area contributed by atoms with Crippen molar-refractivity contribution in [1.29, 1.82) is 0 Å². The lowest BCUT2D eigenvalue weighted by molar-refractivity contribution is 0.295. The van der Waals surface area contributed by atoms with E-state index in [1.165, 1.54) is 30.4 Å². The minimum Gasteiger partial charge on any atom is -0.486 e. The van der Waals surface area contributed by atoms with E-state index < -0.39 is 0 Å². The lowest BCUT2D eigenvalue weighted by Gasteiger charge is -2.22. The Hall–Kier alpha value is -2.77. The Morgan fingerprint density at radius 3 is 2.90 bits per heavy atom. The zero-order chi connectivity index (χ0) is 21.0. The second kappa shape index (κ2) is 9.16. The Morgan fingerprint density at radius 2 is 2.00 bits per heavy atom. The van der Waals surface area contributed by atoms with Crippen LogP contribution in [0.15, 0.2) is 35.3 Å². The van der Waals surface area contributed by atoms with Gasteiger partial charge in [0.05, 0.1) is 11.1 Å². The SMILES string of the molecule is O=c1[nH]c(COc2ccc3c(c2)CCC3)nc2c(CNCC3CCNCC3)nccc12. The van der Waals surface area contributed by atoms with Crippen LogP contribution in [0.2, 0.25) is 0 Å². The fourth-order valence-corrected chi connectivity index (χ4v) is 4.63. The van der Waals surface area contributed by atoms with Gasteiger partial charge in [-0.3, -0.25) is 9.78 Å². The van der Waals surface area contributed by atoms with E-state index >= 15 is 0 Å². The molecule has 1 aliphatic heterocycles. The number of nitrogens with zero attached hydrogens (tertiary/aromatic N) is 2. The smallest absolute Gasteiger partial charge is 0.258 e. The van der Waals surface area contributed by atoms with Gasteiger partial charge in [0, 0.05) is 12.7 Å². The molecule has 0 radical (unpaired) electrons. The lowest BCUT2D eigenvalue weighted by Crippen LogP contribution is -2.33. The van der Waals surface area contributed by atoms with Crippen LogP contribution in [0.4, 0.5) is 0 Å². The van der Waals surface area contributed by atoms with Gasteiger partial charge in [-0.15, -0.1) is 0 Å². The predicted octanol–water partition coefficient (Wildman–Crippen LogP) is 2.48. The van der Waals surface area contributed by atoms with Crippen LogP contribution in [0.25, 0.3) is 10.9 Å². The number of hydrogen-bond acceptors (Lipinski definition) is 6. The van der Waals surface area contributed by atoms with E-state index in [2.05, 4.69) is 32.7 Å². The summed E-state index contributed by atoms with van der Waals surface area (Å²) in [6.07, 6.45) is 7.53. The molecule has 7 nitrogen and oxygen atoms in total. The number of nitrogens with one attached hydrogen (secondary N) is 3. The van der Waals surface area contributed by atoms with Crippen molar-refractivity contribution < 1.29 is 4.74 Å². The zero-order valence-electron chi connectivity index (χ0n) is 17.7. The molecule has 3 aromatic rings. The highest BCUT2D eigenvalue weighted by Crippen LogP contribution is 2.26. The molecule has 7 heteroatoms. The standard InChI is InChI=1S/C24H29N5O2/c30-24-20-8-11-27-21(14-26-13-16-6-9-25-10-7-16)23(20)28-22(29-24)15-31-19-5-4-17-2-1-3-18(17)12-19/h4-5,8,11-12,16,25-26H,1-3,6-7,9-10,13-15H2,(H,28,29,30). The van der Waals surface area contributed by atoms with Crippen molar-refractivity contribution in [3.05, 3.63) is 63.5 Å². The normalized spacial score (nSPS) is 16.5. The molecule has 5 rings (SSSR count). The Kier molecular flexibility index (Phi) is 5.95.